The first-order chi connectivity index (χ1) is 27.0. The molecule has 4 N–H and O–H groups in total. The summed E-state index contributed by atoms with van der Waals surface area (Å²) in [6.45, 7) is 4.18. The Balaban J connectivity index is 3.63. The molecule has 3 unspecified atom stereocenters. The van der Waals surface area contributed by atoms with Gasteiger partial charge in [-0.15, -0.1) is 0 Å². The molecule has 0 saturated carbocycles. The number of hydrogen-bond donors (Lipinski definition) is 4. The van der Waals surface area contributed by atoms with Crippen molar-refractivity contribution < 1.29 is 20.1 Å². The Kier molecular flexibility index (Phi) is 43.6. The number of nitrogens with one attached hydrogen (secondary N) is 1. The highest BCUT2D eigenvalue weighted by atomic mass is 16.3. The second kappa shape index (κ2) is 45.0. The predicted octanol–water partition coefficient (Wildman–Crippen LogP) is 14.1. The second-order valence-corrected chi connectivity index (χ2v) is 16.3. The summed E-state index contributed by atoms with van der Waals surface area (Å²) in [4.78, 5) is 12.4. The maximum atomic E-state index is 12.4. The molecule has 3 atom stereocenters. The van der Waals surface area contributed by atoms with Crippen molar-refractivity contribution in [2.75, 3.05) is 6.61 Å². The number of allylic oxidation sites excluding steroid dienone is 7. The minimum absolute atomic E-state index is 0.000998. The van der Waals surface area contributed by atoms with Gasteiger partial charge in [0.15, 0.2) is 0 Å². The minimum Gasteiger partial charge on any atom is -0.394 e. The number of aliphatic hydroxyl groups excluding tert-OH is 3. The van der Waals surface area contributed by atoms with Gasteiger partial charge in [-0.25, -0.2) is 0 Å². The molecule has 0 aromatic heterocycles. The van der Waals surface area contributed by atoms with Gasteiger partial charge in [0.25, 0.3) is 0 Å². The minimum atomic E-state index is -0.960. The van der Waals surface area contributed by atoms with Crippen molar-refractivity contribution >= 4 is 5.91 Å². The third kappa shape index (κ3) is 41.8. The van der Waals surface area contributed by atoms with Crippen LogP contribution in [-0.2, 0) is 4.79 Å². The van der Waals surface area contributed by atoms with E-state index in [0.29, 0.717) is 6.42 Å². The van der Waals surface area contributed by atoms with Gasteiger partial charge < -0.3 is 20.6 Å². The van der Waals surface area contributed by atoms with E-state index in [0.717, 1.165) is 38.5 Å². The monoisotopic (exact) mass is 772 g/mol. The predicted molar refractivity (Wildman–Crippen MR) is 241 cm³/mol. The molecule has 0 fully saturated rings. The van der Waals surface area contributed by atoms with Gasteiger partial charge >= 0.3 is 0 Å². The first kappa shape index (κ1) is 53.3. The molecular weight excluding hydrogens is 679 g/mol. The SMILES string of the molecule is CCCCCC/C=C/CC/C=C/CC/C=C/C(O)C(CO)NC(=O)CC(O)CCCCCCCCCCCC/C=C\CCCCCCCCCCCCCC. The maximum Gasteiger partial charge on any atom is 0.222 e. The van der Waals surface area contributed by atoms with Crippen molar-refractivity contribution in [1.82, 2.24) is 5.32 Å². The van der Waals surface area contributed by atoms with Gasteiger partial charge in [-0.2, -0.15) is 0 Å². The lowest BCUT2D eigenvalue weighted by Crippen LogP contribution is -2.45. The molecule has 5 nitrogen and oxygen atoms in total. The molecule has 322 valence electrons. The lowest BCUT2D eigenvalue weighted by Gasteiger charge is -2.21. The number of amides is 1. The first-order valence-electron chi connectivity index (χ1n) is 23.9. The standard InChI is InChI=1S/C50H93NO4/c1-3-5-7-9-11-13-15-17-19-20-21-22-23-24-25-26-27-28-29-30-31-33-35-37-39-41-43-47(53)45-50(55)51-48(46-52)49(54)44-42-40-38-36-34-32-18-16-14-12-10-8-6-4-2/h14,16,24-25,34,36,42,44,47-49,52-54H,3-13,15,17-23,26-33,35,37-41,43,45-46H2,1-2H3,(H,51,55)/b16-14+,25-24-,36-34+,44-42+. The Labute approximate surface area is 342 Å². The molecule has 0 bridgehead atoms. The van der Waals surface area contributed by atoms with Crippen LogP contribution in [0.2, 0.25) is 0 Å². The highest BCUT2D eigenvalue weighted by Gasteiger charge is 2.20. The number of unbranched alkanes of at least 4 members (excludes halogenated alkanes) is 28. The first-order valence-corrected chi connectivity index (χ1v) is 23.9. The van der Waals surface area contributed by atoms with Crippen LogP contribution in [0, 0.1) is 0 Å². The summed E-state index contributed by atoms with van der Waals surface area (Å²) >= 11 is 0. The van der Waals surface area contributed by atoms with E-state index >= 15 is 0 Å². The van der Waals surface area contributed by atoms with E-state index in [9.17, 15) is 20.1 Å². The van der Waals surface area contributed by atoms with Crippen molar-refractivity contribution in [3.05, 3.63) is 48.6 Å². The summed E-state index contributed by atoms with van der Waals surface area (Å²) in [5.74, 6) is -0.331. The number of carbonyl (C=O) groups excluding carboxylic acids is 1. The molecule has 0 aliphatic rings. The molecular formula is C50H93NO4. The van der Waals surface area contributed by atoms with Crippen molar-refractivity contribution in [3.63, 3.8) is 0 Å². The second-order valence-electron chi connectivity index (χ2n) is 16.3. The van der Waals surface area contributed by atoms with Crippen molar-refractivity contribution in [2.45, 2.75) is 257 Å². The molecule has 55 heavy (non-hydrogen) atoms. The molecule has 0 aliphatic heterocycles. The molecule has 5 heteroatoms. The summed E-state index contributed by atoms with van der Waals surface area (Å²) in [7, 11) is 0. The number of hydrogen-bond acceptors (Lipinski definition) is 4. The fourth-order valence-corrected chi connectivity index (χ4v) is 7.13. The van der Waals surface area contributed by atoms with Crippen LogP contribution in [0.15, 0.2) is 48.6 Å². The number of aliphatic hydroxyl groups is 3. The van der Waals surface area contributed by atoms with E-state index in [1.54, 1.807) is 6.08 Å². The molecule has 0 aromatic carbocycles. The lowest BCUT2D eigenvalue weighted by molar-refractivity contribution is -0.124. The normalized spacial score (nSPS) is 13.9. The third-order valence-electron chi connectivity index (χ3n) is 10.8. The molecule has 0 aromatic rings. The molecule has 0 saturated heterocycles. The molecule has 0 rings (SSSR count). The van der Waals surface area contributed by atoms with Crippen LogP contribution < -0.4 is 5.32 Å². The Morgan fingerprint density at radius 3 is 1.18 bits per heavy atom. The lowest BCUT2D eigenvalue weighted by atomic mass is 10.0. The summed E-state index contributed by atoms with van der Waals surface area (Å²) in [5.41, 5.74) is 0. The number of rotatable bonds is 43. The van der Waals surface area contributed by atoms with Gasteiger partial charge in [0.05, 0.1) is 31.3 Å². The molecule has 0 radical (unpaired) electrons. The zero-order valence-corrected chi connectivity index (χ0v) is 36.6. The van der Waals surface area contributed by atoms with E-state index in [4.69, 9.17) is 0 Å². The van der Waals surface area contributed by atoms with Gasteiger partial charge in [0.2, 0.25) is 5.91 Å². The van der Waals surface area contributed by atoms with Crippen LogP contribution in [0.3, 0.4) is 0 Å². The van der Waals surface area contributed by atoms with Crippen molar-refractivity contribution in [3.8, 4) is 0 Å². The van der Waals surface area contributed by atoms with Crippen LogP contribution in [0.25, 0.3) is 0 Å². The number of carbonyl (C=O) groups is 1. The largest absolute Gasteiger partial charge is 0.394 e. The Morgan fingerprint density at radius 2 is 0.782 bits per heavy atom. The van der Waals surface area contributed by atoms with Crippen LogP contribution in [0.1, 0.15) is 239 Å². The molecule has 1 amide bonds. The highest BCUT2D eigenvalue weighted by molar-refractivity contribution is 5.76. The summed E-state index contributed by atoms with van der Waals surface area (Å²) in [6, 6.07) is -0.768. The van der Waals surface area contributed by atoms with Crippen LogP contribution >= 0.6 is 0 Å². The Bertz CT molecular complexity index is 896. The van der Waals surface area contributed by atoms with Crippen LogP contribution in [-0.4, -0.2) is 46.1 Å². The zero-order chi connectivity index (χ0) is 40.1. The highest BCUT2D eigenvalue weighted by Crippen LogP contribution is 2.15. The topological polar surface area (TPSA) is 89.8 Å². The van der Waals surface area contributed by atoms with E-state index in [-0.39, 0.29) is 18.9 Å². The van der Waals surface area contributed by atoms with E-state index in [1.165, 1.54) is 173 Å². The van der Waals surface area contributed by atoms with Gasteiger partial charge in [0, 0.05) is 0 Å². The molecule has 0 spiro atoms. The third-order valence-corrected chi connectivity index (χ3v) is 10.8. The molecule has 0 aliphatic carbocycles. The Hall–Kier alpha value is -1.69. The van der Waals surface area contributed by atoms with Crippen molar-refractivity contribution in [1.29, 1.82) is 0 Å². The van der Waals surface area contributed by atoms with E-state index in [2.05, 4.69) is 55.6 Å². The average molecular weight is 772 g/mol. The smallest absolute Gasteiger partial charge is 0.222 e. The van der Waals surface area contributed by atoms with Crippen LogP contribution in [0.4, 0.5) is 0 Å². The summed E-state index contributed by atoms with van der Waals surface area (Å²) < 4.78 is 0. The van der Waals surface area contributed by atoms with Crippen molar-refractivity contribution in [2.24, 2.45) is 0 Å². The average Bonchev–Trinajstić information content (AvgIpc) is 3.18. The maximum absolute atomic E-state index is 12.4. The zero-order valence-electron chi connectivity index (χ0n) is 36.6. The molecule has 0 heterocycles. The fourth-order valence-electron chi connectivity index (χ4n) is 7.13. The summed E-state index contributed by atoms with van der Waals surface area (Å²) in [5, 5.41) is 33.2. The fraction of sp³-hybridized carbons (Fsp3) is 0.820. The van der Waals surface area contributed by atoms with Gasteiger partial charge in [0.1, 0.15) is 0 Å². The van der Waals surface area contributed by atoms with Gasteiger partial charge in [-0.05, 0) is 70.6 Å². The van der Waals surface area contributed by atoms with E-state index in [1.807, 2.05) is 6.08 Å². The van der Waals surface area contributed by atoms with Gasteiger partial charge in [-0.3, -0.25) is 4.79 Å². The van der Waals surface area contributed by atoms with Gasteiger partial charge in [-0.1, -0.05) is 210 Å². The quantitative estimate of drug-likeness (QED) is 0.0367. The Morgan fingerprint density at radius 1 is 0.455 bits per heavy atom. The summed E-state index contributed by atoms with van der Waals surface area (Å²) in [6.07, 6.45) is 58.4. The van der Waals surface area contributed by atoms with Crippen LogP contribution in [0.5, 0.6) is 0 Å². The van der Waals surface area contributed by atoms with E-state index < -0.39 is 18.2 Å².